The minimum atomic E-state index is -0.276. The van der Waals surface area contributed by atoms with Crippen molar-refractivity contribution in [2.45, 2.75) is 0 Å². The average molecular weight is 393 g/mol. The maximum absolute atomic E-state index is 11.5. The van der Waals surface area contributed by atoms with Crippen LogP contribution in [0.25, 0.3) is 0 Å². The Labute approximate surface area is 124 Å². The third-order valence-corrected chi connectivity index (χ3v) is 3.58. The number of nitrogens with one attached hydrogen (secondary N) is 1. The maximum atomic E-state index is 11.5. The predicted octanol–water partition coefficient (Wildman–Crippen LogP) is 3.08. The summed E-state index contributed by atoms with van der Waals surface area (Å²) in [7, 11) is 0. The van der Waals surface area contributed by atoms with Gasteiger partial charge in [-0.15, -0.1) is 10.2 Å². The molecule has 5 nitrogen and oxygen atoms in total. The van der Waals surface area contributed by atoms with Crippen LogP contribution < -0.4 is 10.1 Å². The molecule has 0 aliphatic carbocycles. The summed E-state index contributed by atoms with van der Waals surface area (Å²) >= 11 is 7.94. The molecule has 18 heavy (non-hydrogen) atoms. The van der Waals surface area contributed by atoms with Crippen LogP contribution in [0.15, 0.2) is 32.7 Å². The highest BCUT2D eigenvalue weighted by Gasteiger charge is 2.07. The fourth-order valence-electron chi connectivity index (χ4n) is 1.12. The van der Waals surface area contributed by atoms with Crippen molar-refractivity contribution in [3.63, 3.8) is 0 Å². The van der Waals surface area contributed by atoms with Crippen LogP contribution in [0.5, 0.6) is 5.75 Å². The average Bonchev–Trinajstić information content (AvgIpc) is 2.80. The summed E-state index contributed by atoms with van der Waals surface area (Å²) in [5, 5.41) is 10.4. The van der Waals surface area contributed by atoms with Crippen LogP contribution in [0, 0.1) is 0 Å². The van der Waals surface area contributed by atoms with Crippen molar-refractivity contribution in [2.75, 3.05) is 11.9 Å². The lowest BCUT2D eigenvalue weighted by molar-refractivity contribution is -0.118. The van der Waals surface area contributed by atoms with Crippen LogP contribution in [0.3, 0.4) is 0 Å². The molecule has 0 saturated heterocycles. The molecule has 0 spiro atoms. The van der Waals surface area contributed by atoms with Crippen molar-refractivity contribution in [3.8, 4) is 5.75 Å². The lowest BCUT2D eigenvalue weighted by Crippen LogP contribution is -2.20. The Hall–Kier alpha value is -0.990. The number of rotatable bonds is 4. The molecule has 0 aliphatic rings. The topological polar surface area (TPSA) is 64.1 Å². The highest BCUT2D eigenvalue weighted by atomic mass is 79.9. The lowest BCUT2D eigenvalue weighted by atomic mass is 10.3. The highest BCUT2D eigenvalue weighted by molar-refractivity contribution is 9.11. The van der Waals surface area contributed by atoms with E-state index in [1.54, 1.807) is 11.6 Å². The smallest absolute Gasteiger partial charge is 0.264 e. The molecule has 1 heterocycles. The van der Waals surface area contributed by atoms with Gasteiger partial charge in [-0.2, -0.15) is 0 Å². The zero-order valence-corrected chi connectivity index (χ0v) is 12.9. The van der Waals surface area contributed by atoms with Gasteiger partial charge in [0, 0.05) is 4.47 Å². The van der Waals surface area contributed by atoms with E-state index >= 15 is 0 Å². The van der Waals surface area contributed by atoms with Crippen LogP contribution in [0.4, 0.5) is 5.13 Å². The van der Waals surface area contributed by atoms with E-state index < -0.39 is 0 Å². The van der Waals surface area contributed by atoms with E-state index in [-0.39, 0.29) is 12.5 Å². The van der Waals surface area contributed by atoms with E-state index in [1.807, 2.05) is 12.1 Å². The number of halogens is 2. The fourth-order valence-corrected chi connectivity index (χ4v) is 2.74. The van der Waals surface area contributed by atoms with Crippen LogP contribution in [0.1, 0.15) is 0 Å². The molecule has 1 amide bonds. The molecule has 8 heteroatoms. The molecule has 2 aromatic rings. The Bertz CT molecular complexity index is 548. The number of benzene rings is 1. The summed E-state index contributed by atoms with van der Waals surface area (Å²) in [6.07, 6.45) is 0. The minimum absolute atomic E-state index is 0.0835. The second kappa shape index (κ2) is 6.26. The number of ether oxygens (including phenoxy) is 1. The van der Waals surface area contributed by atoms with Gasteiger partial charge in [0.15, 0.2) is 6.61 Å². The van der Waals surface area contributed by atoms with E-state index in [0.29, 0.717) is 10.9 Å². The molecule has 0 unspecified atom stereocenters. The molecule has 1 N–H and O–H groups in total. The predicted molar refractivity (Wildman–Crippen MR) is 75.9 cm³/mol. The van der Waals surface area contributed by atoms with E-state index in [1.165, 1.54) is 11.3 Å². The second-order valence-electron chi connectivity index (χ2n) is 3.16. The van der Waals surface area contributed by atoms with Crippen molar-refractivity contribution < 1.29 is 9.53 Å². The molecule has 94 valence electrons. The van der Waals surface area contributed by atoms with Crippen molar-refractivity contribution in [1.29, 1.82) is 0 Å². The number of amides is 1. The summed E-state index contributed by atoms with van der Waals surface area (Å²) in [6, 6.07) is 5.45. The van der Waals surface area contributed by atoms with Crippen molar-refractivity contribution >= 4 is 54.2 Å². The number of hydrogen-bond donors (Lipinski definition) is 1. The summed E-state index contributed by atoms with van der Waals surface area (Å²) in [6.45, 7) is -0.0835. The second-order valence-corrected chi connectivity index (χ2v) is 5.76. The molecule has 0 bridgehead atoms. The standard InChI is InChI=1S/C10H7Br2N3O2S/c11-6-1-2-8(7(12)3-6)17-4-9(16)14-10-15-13-5-18-10/h1-3,5H,4H2,(H,14,15,16). The molecule has 0 atom stereocenters. The Balaban J connectivity index is 1.89. The molecular formula is C10H7Br2N3O2S. The molecule has 2 rings (SSSR count). The minimum Gasteiger partial charge on any atom is -0.483 e. The molecule has 0 aliphatic heterocycles. The molecule has 1 aromatic carbocycles. The molecule has 0 radical (unpaired) electrons. The zero-order valence-electron chi connectivity index (χ0n) is 8.89. The Kier molecular flexibility index (Phi) is 4.67. The van der Waals surface area contributed by atoms with Gasteiger partial charge >= 0.3 is 0 Å². The number of carbonyl (C=O) groups is 1. The van der Waals surface area contributed by atoms with Crippen LogP contribution in [-0.4, -0.2) is 22.7 Å². The normalized spacial score (nSPS) is 10.1. The van der Waals surface area contributed by atoms with Crippen LogP contribution in [0.2, 0.25) is 0 Å². The van der Waals surface area contributed by atoms with Gasteiger partial charge in [-0.25, -0.2) is 0 Å². The monoisotopic (exact) mass is 391 g/mol. The first-order valence-corrected chi connectivity index (χ1v) is 7.25. The van der Waals surface area contributed by atoms with Gasteiger partial charge in [0.05, 0.1) is 4.47 Å². The van der Waals surface area contributed by atoms with Gasteiger partial charge in [0.25, 0.3) is 5.91 Å². The molecule has 0 saturated carbocycles. The molecule has 1 aromatic heterocycles. The van der Waals surface area contributed by atoms with Crippen LogP contribution >= 0.6 is 43.2 Å². The van der Waals surface area contributed by atoms with E-state index in [9.17, 15) is 4.79 Å². The third-order valence-electron chi connectivity index (χ3n) is 1.86. The highest BCUT2D eigenvalue weighted by Crippen LogP contribution is 2.28. The number of carbonyl (C=O) groups excluding carboxylic acids is 1. The van der Waals surface area contributed by atoms with Gasteiger partial charge in [-0.1, -0.05) is 27.3 Å². The first-order valence-electron chi connectivity index (χ1n) is 4.79. The van der Waals surface area contributed by atoms with Gasteiger partial charge < -0.3 is 4.74 Å². The fraction of sp³-hybridized carbons (Fsp3) is 0.100. The number of anilines is 1. The SMILES string of the molecule is O=C(COc1ccc(Br)cc1Br)Nc1nncs1. The molecule has 0 fully saturated rings. The van der Waals surface area contributed by atoms with Crippen molar-refractivity contribution in [3.05, 3.63) is 32.7 Å². The number of hydrogen-bond acceptors (Lipinski definition) is 5. The Morgan fingerprint density at radius 2 is 2.28 bits per heavy atom. The Morgan fingerprint density at radius 3 is 2.94 bits per heavy atom. The summed E-state index contributed by atoms with van der Waals surface area (Å²) in [5.41, 5.74) is 1.54. The largest absolute Gasteiger partial charge is 0.483 e. The summed E-state index contributed by atoms with van der Waals surface area (Å²) in [4.78, 5) is 11.5. The summed E-state index contributed by atoms with van der Waals surface area (Å²) < 4.78 is 7.09. The third kappa shape index (κ3) is 3.76. The van der Waals surface area contributed by atoms with Crippen molar-refractivity contribution in [2.24, 2.45) is 0 Å². The van der Waals surface area contributed by atoms with E-state index in [0.717, 1.165) is 8.95 Å². The zero-order chi connectivity index (χ0) is 13.0. The first kappa shape index (κ1) is 13.4. The number of nitrogens with zero attached hydrogens (tertiary/aromatic N) is 2. The quantitative estimate of drug-likeness (QED) is 0.868. The van der Waals surface area contributed by atoms with Gasteiger partial charge in [-0.05, 0) is 34.1 Å². The van der Waals surface area contributed by atoms with Crippen LogP contribution in [-0.2, 0) is 4.79 Å². The van der Waals surface area contributed by atoms with E-state index in [2.05, 4.69) is 47.4 Å². The summed E-state index contributed by atoms with van der Waals surface area (Å²) in [5.74, 6) is 0.326. The van der Waals surface area contributed by atoms with Gasteiger partial charge in [-0.3, -0.25) is 10.1 Å². The molecular weight excluding hydrogens is 386 g/mol. The maximum Gasteiger partial charge on any atom is 0.264 e. The van der Waals surface area contributed by atoms with E-state index in [4.69, 9.17) is 4.74 Å². The van der Waals surface area contributed by atoms with Crippen molar-refractivity contribution in [1.82, 2.24) is 10.2 Å². The number of aromatic nitrogens is 2. The Morgan fingerprint density at radius 1 is 1.44 bits per heavy atom. The lowest BCUT2D eigenvalue weighted by Gasteiger charge is -2.07. The van der Waals surface area contributed by atoms with Gasteiger partial charge in [0.2, 0.25) is 5.13 Å². The van der Waals surface area contributed by atoms with Gasteiger partial charge in [0.1, 0.15) is 11.3 Å². The first-order chi connectivity index (χ1) is 8.65.